The van der Waals surface area contributed by atoms with Crippen LogP contribution in [0.25, 0.3) is 6.08 Å². The van der Waals surface area contributed by atoms with Gasteiger partial charge in [-0.1, -0.05) is 57.9 Å². The Balaban J connectivity index is 2.15. The van der Waals surface area contributed by atoms with Crippen LogP contribution in [0.4, 0.5) is 0 Å². The molecule has 25 heavy (non-hydrogen) atoms. The van der Waals surface area contributed by atoms with E-state index in [2.05, 4.69) is 32.9 Å². The standard InChI is InChI=1S/C22H36O3/c1-4-5-12-15-20-18(2)19(3)21(25-20)16-13-10-8-6-7-9-11-14-17-22(23)24/h12,15H,4-11,13-14,16-17H2,1-3H3,(H,23,24). The van der Waals surface area contributed by atoms with Crippen LogP contribution in [0.15, 0.2) is 10.5 Å². The van der Waals surface area contributed by atoms with E-state index >= 15 is 0 Å². The highest BCUT2D eigenvalue weighted by Gasteiger charge is 2.11. The van der Waals surface area contributed by atoms with Crippen LogP contribution in [0.2, 0.25) is 0 Å². The van der Waals surface area contributed by atoms with E-state index in [9.17, 15) is 4.79 Å². The Morgan fingerprint density at radius 1 is 0.960 bits per heavy atom. The van der Waals surface area contributed by atoms with Crippen molar-refractivity contribution in [3.8, 4) is 0 Å². The highest BCUT2D eigenvalue weighted by Crippen LogP contribution is 2.24. The molecule has 0 radical (unpaired) electrons. The van der Waals surface area contributed by atoms with Gasteiger partial charge in [0.1, 0.15) is 11.5 Å². The Morgan fingerprint density at radius 3 is 2.16 bits per heavy atom. The van der Waals surface area contributed by atoms with Crippen molar-refractivity contribution in [3.63, 3.8) is 0 Å². The first-order chi connectivity index (χ1) is 12.1. The average molecular weight is 349 g/mol. The van der Waals surface area contributed by atoms with Gasteiger partial charge in [0.25, 0.3) is 0 Å². The van der Waals surface area contributed by atoms with Crippen LogP contribution in [0, 0.1) is 13.8 Å². The minimum atomic E-state index is -0.674. The van der Waals surface area contributed by atoms with Crippen molar-refractivity contribution < 1.29 is 14.3 Å². The summed E-state index contributed by atoms with van der Waals surface area (Å²) < 4.78 is 6.05. The molecular weight excluding hydrogens is 312 g/mol. The molecule has 142 valence electrons. The zero-order valence-electron chi connectivity index (χ0n) is 16.4. The van der Waals surface area contributed by atoms with Crippen molar-refractivity contribution in [3.05, 3.63) is 28.7 Å². The SMILES string of the molecule is CCCC=Cc1oc(CCCCCCCCCCC(=O)O)c(C)c1C. The molecule has 0 aromatic carbocycles. The summed E-state index contributed by atoms with van der Waals surface area (Å²) >= 11 is 0. The summed E-state index contributed by atoms with van der Waals surface area (Å²) in [4.78, 5) is 10.4. The molecule has 0 aliphatic heterocycles. The minimum Gasteiger partial charge on any atom is -0.481 e. The lowest BCUT2D eigenvalue weighted by atomic mass is 10.0. The molecule has 1 heterocycles. The first kappa shape index (κ1) is 21.5. The predicted octanol–water partition coefficient (Wildman–Crippen LogP) is 6.85. The van der Waals surface area contributed by atoms with Gasteiger partial charge in [0.2, 0.25) is 0 Å². The second-order valence-corrected chi connectivity index (χ2v) is 7.05. The van der Waals surface area contributed by atoms with Gasteiger partial charge in [-0.3, -0.25) is 4.79 Å². The van der Waals surface area contributed by atoms with Gasteiger partial charge in [-0.05, 0) is 50.3 Å². The number of furan rings is 1. The fourth-order valence-corrected chi connectivity index (χ4v) is 3.06. The highest BCUT2D eigenvalue weighted by molar-refractivity contribution is 5.66. The summed E-state index contributed by atoms with van der Waals surface area (Å²) in [5.74, 6) is 1.51. The van der Waals surface area contributed by atoms with Crippen molar-refractivity contribution in [2.75, 3.05) is 0 Å². The van der Waals surface area contributed by atoms with Crippen LogP contribution in [-0.4, -0.2) is 11.1 Å². The van der Waals surface area contributed by atoms with Crippen molar-refractivity contribution >= 4 is 12.0 Å². The van der Waals surface area contributed by atoms with E-state index in [0.717, 1.165) is 43.6 Å². The van der Waals surface area contributed by atoms with E-state index in [1.165, 1.54) is 49.7 Å². The van der Waals surface area contributed by atoms with Crippen molar-refractivity contribution in [1.29, 1.82) is 0 Å². The van der Waals surface area contributed by atoms with Crippen LogP contribution in [0.5, 0.6) is 0 Å². The largest absolute Gasteiger partial charge is 0.481 e. The topological polar surface area (TPSA) is 50.4 Å². The zero-order chi connectivity index (χ0) is 18.5. The lowest BCUT2D eigenvalue weighted by Crippen LogP contribution is -1.93. The maximum atomic E-state index is 10.4. The van der Waals surface area contributed by atoms with Crippen LogP contribution in [0.1, 0.15) is 100 Å². The molecular formula is C22H36O3. The molecule has 0 amide bonds. The second-order valence-electron chi connectivity index (χ2n) is 7.05. The normalized spacial score (nSPS) is 11.5. The van der Waals surface area contributed by atoms with Gasteiger partial charge in [0, 0.05) is 12.8 Å². The fraction of sp³-hybridized carbons (Fsp3) is 0.682. The predicted molar refractivity (Wildman–Crippen MR) is 105 cm³/mol. The molecule has 0 atom stereocenters. The maximum Gasteiger partial charge on any atom is 0.303 e. The number of allylic oxidation sites excluding steroid dienone is 1. The molecule has 3 nitrogen and oxygen atoms in total. The summed E-state index contributed by atoms with van der Waals surface area (Å²) in [6.07, 6.45) is 17.2. The van der Waals surface area contributed by atoms with Gasteiger partial charge in [-0.25, -0.2) is 0 Å². The molecule has 3 heteroatoms. The molecule has 1 aromatic heterocycles. The average Bonchev–Trinajstić information content (AvgIpc) is 2.84. The van der Waals surface area contributed by atoms with Crippen molar-refractivity contribution in [1.82, 2.24) is 0 Å². The second kappa shape index (κ2) is 12.8. The first-order valence-corrected chi connectivity index (χ1v) is 10.0. The molecule has 0 spiro atoms. The van der Waals surface area contributed by atoms with Crippen molar-refractivity contribution in [2.24, 2.45) is 0 Å². The number of hydrogen-bond donors (Lipinski definition) is 1. The Kier molecular flexibility index (Phi) is 11.0. The van der Waals surface area contributed by atoms with Crippen molar-refractivity contribution in [2.45, 2.75) is 97.8 Å². The Bertz CT molecular complexity index is 526. The third-order valence-corrected chi connectivity index (χ3v) is 4.85. The Labute approximate surface area is 153 Å². The summed E-state index contributed by atoms with van der Waals surface area (Å²) in [5, 5.41) is 8.59. The smallest absolute Gasteiger partial charge is 0.303 e. The Morgan fingerprint density at radius 2 is 1.56 bits per heavy atom. The van der Waals surface area contributed by atoms with E-state index in [-0.39, 0.29) is 0 Å². The summed E-state index contributed by atoms with van der Waals surface area (Å²) in [6, 6.07) is 0. The quantitative estimate of drug-likeness (QED) is 0.374. The van der Waals surface area contributed by atoms with Gasteiger partial charge in [0.15, 0.2) is 0 Å². The number of unbranched alkanes of at least 4 members (excludes halogenated alkanes) is 8. The number of rotatable bonds is 14. The fourth-order valence-electron chi connectivity index (χ4n) is 3.06. The molecule has 1 aromatic rings. The summed E-state index contributed by atoms with van der Waals surface area (Å²) in [7, 11) is 0. The summed E-state index contributed by atoms with van der Waals surface area (Å²) in [5.41, 5.74) is 2.60. The van der Waals surface area contributed by atoms with E-state index in [1.54, 1.807) is 0 Å². The van der Waals surface area contributed by atoms with E-state index < -0.39 is 5.97 Å². The van der Waals surface area contributed by atoms with Crippen LogP contribution in [0.3, 0.4) is 0 Å². The molecule has 0 aliphatic carbocycles. The monoisotopic (exact) mass is 348 g/mol. The van der Waals surface area contributed by atoms with Crippen LogP contribution in [-0.2, 0) is 11.2 Å². The number of carboxylic acids is 1. The number of hydrogen-bond acceptors (Lipinski definition) is 2. The van der Waals surface area contributed by atoms with E-state index in [4.69, 9.17) is 9.52 Å². The molecule has 0 aliphatic rings. The van der Waals surface area contributed by atoms with Gasteiger partial charge < -0.3 is 9.52 Å². The number of aryl methyl sites for hydroxylation is 1. The van der Waals surface area contributed by atoms with Gasteiger partial charge in [-0.2, -0.15) is 0 Å². The van der Waals surface area contributed by atoms with Gasteiger partial charge >= 0.3 is 5.97 Å². The van der Waals surface area contributed by atoms with Crippen LogP contribution < -0.4 is 0 Å². The maximum absolute atomic E-state index is 10.4. The lowest BCUT2D eigenvalue weighted by Gasteiger charge is -2.02. The summed E-state index contributed by atoms with van der Waals surface area (Å²) in [6.45, 7) is 6.51. The number of carboxylic acid groups (broad SMARTS) is 1. The van der Waals surface area contributed by atoms with Gasteiger partial charge in [-0.15, -0.1) is 0 Å². The first-order valence-electron chi connectivity index (χ1n) is 10.0. The minimum absolute atomic E-state index is 0.317. The molecule has 0 saturated carbocycles. The molecule has 0 unspecified atom stereocenters. The zero-order valence-corrected chi connectivity index (χ0v) is 16.4. The molecule has 0 saturated heterocycles. The molecule has 0 bridgehead atoms. The third kappa shape index (κ3) is 8.94. The number of carbonyl (C=O) groups is 1. The molecule has 1 N–H and O–H groups in total. The molecule has 0 fully saturated rings. The third-order valence-electron chi connectivity index (χ3n) is 4.85. The lowest BCUT2D eigenvalue weighted by molar-refractivity contribution is -0.137. The highest BCUT2D eigenvalue weighted by atomic mass is 16.4. The van der Waals surface area contributed by atoms with Gasteiger partial charge in [0.05, 0.1) is 0 Å². The van der Waals surface area contributed by atoms with Crippen LogP contribution >= 0.6 is 0 Å². The molecule has 1 rings (SSSR count). The Hall–Kier alpha value is -1.51. The number of aliphatic carboxylic acids is 1. The van der Waals surface area contributed by atoms with E-state index in [0.29, 0.717) is 6.42 Å². The van der Waals surface area contributed by atoms with E-state index in [1.807, 2.05) is 0 Å².